The van der Waals surface area contributed by atoms with Crippen molar-refractivity contribution in [1.82, 2.24) is 10.6 Å². The summed E-state index contributed by atoms with van der Waals surface area (Å²) in [7, 11) is 0. The van der Waals surface area contributed by atoms with Crippen molar-refractivity contribution in [3.8, 4) is 0 Å². The second-order valence-corrected chi connectivity index (χ2v) is 5.31. The minimum Gasteiger partial charge on any atom is -0.480 e. The summed E-state index contributed by atoms with van der Waals surface area (Å²) in [5, 5.41) is 16.4. The SMILES string of the molecule is CCCC(NCC(=O)NC(=O)Nc1cccc(C)c1C)C(=O)O. The minimum absolute atomic E-state index is 0.239. The number of aliphatic carboxylic acids is 1. The summed E-state index contributed by atoms with van der Waals surface area (Å²) in [6.07, 6.45) is 1.09. The van der Waals surface area contributed by atoms with Crippen LogP contribution in [-0.4, -0.2) is 35.6 Å². The van der Waals surface area contributed by atoms with E-state index in [9.17, 15) is 14.4 Å². The Balaban J connectivity index is 2.49. The van der Waals surface area contributed by atoms with Crippen LogP contribution in [0.4, 0.5) is 10.5 Å². The molecule has 1 aromatic carbocycles. The maximum absolute atomic E-state index is 11.8. The highest BCUT2D eigenvalue weighted by Gasteiger charge is 2.17. The Morgan fingerprint density at radius 2 is 1.91 bits per heavy atom. The molecule has 0 bridgehead atoms. The van der Waals surface area contributed by atoms with Crippen LogP contribution in [0.5, 0.6) is 0 Å². The molecule has 0 heterocycles. The summed E-state index contributed by atoms with van der Waals surface area (Å²) in [5.74, 6) is -1.60. The second-order valence-electron chi connectivity index (χ2n) is 5.31. The van der Waals surface area contributed by atoms with E-state index in [-0.39, 0.29) is 6.54 Å². The largest absolute Gasteiger partial charge is 0.480 e. The molecule has 0 aromatic heterocycles. The summed E-state index contributed by atoms with van der Waals surface area (Å²) in [6, 6.07) is 4.03. The number of carboxylic acid groups (broad SMARTS) is 1. The van der Waals surface area contributed by atoms with Gasteiger partial charge in [0, 0.05) is 5.69 Å². The van der Waals surface area contributed by atoms with Gasteiger partial charge in [0.25, 0.3) is 0 Å². The molecule has 23 heavy (non-hydrogen) atoms. The average Bonchev–Trinajstić information content (AvgIpc) is 2.47. The Kier molecular flexibility index (Phi) is 7.21. The number of anilines is 1. The van der Waals surface area contributed by atoms with Gasteiger partial charge in [0.05, 0.1) is 6.54 Å². The van der Waals surface area contributed by atoms with Gasteiger partial charge in [-0.3, -0.25) is 20.2 Å². The molecule has 1 rings (SSSR count). The van der Waals surface area contributed by atoms with Crippen LogP contribution in [0.2, 0.25) is 0 Å². The number of rotatable bonds is 7. The molecule has 0 aliphatic rings. The van der Waals surface area contributed by atoms with Crippen molar-refractivity contribution >= 4 is 23.6 Å². The van der Waals surface area contributed by atoms with Crippen LogP contribution in [0.15, 0.2) is 18.2 Å². The first-order chi connectivity index (χ1) is 10.8. The molecule has 0 radical (unpaired) electrons. The summed E-state index contributed by atoms with van der Waals surface area (Å²) < 4.78 is 0. The molecule has 0 saturated carbocycles. The third kappa shape index (κ3) is 6.07. The lowest BCUT2D eigenvalue weighted by molar-refractivity contribution is -0.139. The highest BCUT2D eigenvalue weighted by atomic mass is 16.4. The van der Waals surface area contributed by atoms with E-state index in [1.807, 2.05) is 32.9 Å². The molecule has 0 fully saturated rings. The molecule has 7 heteroatoms. The van der Waals surface area contributed by atoms with Gasteiger partial charge in [-0.2, -0.15) is 0 Å². The maximum Gasteiger partial charge on any atom is 0.325 e. The standard InChI is InChI=1S/C16H23N3O4/c1-4-6-13(15(21)22)17-9-14(20)19-16(23)18-12-8-5-7-10(2)11(12)3/h5,7-8,13,17H,4,6,9H2,1-3H3,(H,21,22)(H2,18,19,20,23). The molecule has 4 N–H and O–H groups in total. The number of aryl methyl sites for hydroxylation is 1. The predicted octanol–water partition coefficient (Wildman–Crippen LogP) is 1.79. The van der Waals surface area contributed by atoms with Gasteiger partial charge in [-0.15, -0.1) is 0 Å². The average molecular weight is 321 g/mol. The highest BCUT2D eigenvalue weighted by molar-refractivity contribution is 6.02. The predicted molar refractivity (Wildman–Crippen MR) is 87.4 cm³/mol. The van der Waals surface area contributed by atoms with Gasteiger partial charge >= 0.3 is 12.0 Å². The molecule has 0 aliphatic heterocycles. The van der Waals surface area contributed by atoms with Gasteiger partial charge in [0.2, 0.25) is 5.91 Å². The molecule has 0 spiro atoms. The minimum atomic E-state index is -1.01. The highest BCUT2D eigenvalue weighted by Crippen LogP contribution is 2.17. The quantitative estimate of drug-likeness (QED) is 0.612. The normalized spacial score (nSPS) is 11.6. The van der Waals surface area contributed by atoms with Crippen molar-refractivity contribution < 1.29 is 19.5 Å². The Bertz CT molecular complexity index is 587. The maximum atomic E-state index is 11.8. The van der Waals surface area contributed by atoms with Gasteiger partial charge in [-0.1, -0.05) is 25.5 Å². The number of benzene rings is 1. The number of carbonyl (C=O) groups is 3. The Morgan fingerprint density at radius 1 is 1.22 bits per heavy atom. The van der Waals surface area contributed by atoms with E-state index in [0.717, 1.165) is 11.1 Å². The summed E-state index contributed by atoms with van der Waals surface area (Å²) in [4.78, 5) is 34.5. The first-order valence-corrected chi connectivity index (χ1v) is 7.48. The summed E-state index contributed by atoms with van der Waals surface area (Å²) in [6.45, 7) is 5.41. The first kappa shape index (κ1) is 18.6. The van der Waals surface area contributed by atoms with Gasteiger partial charge < -0.3 is 10.4 Å². The van der Waals surface area contributed by atoms with Crippen molar-refractivity contribution in [2.24, 2.45) is 0 Å². The Morgan fingerprint density at radius 3 is 2.52 bits per heavy atom. The lowest BCUT2D eigenvalue weighted by atomic mass is 10.1. The zero-order valence-electron chi connectivity index (χ0n) is 13.6. The third-order valence-corrected chi connectivity index (χ3v) is 3.49. The molecular weight excluding hydrogens is 298 g/mol. The number of hydrogen-bond acceptors (Lipinski definition) is 4. The third-order valence-electron chi connectivity index (χ3n) is 3.49. The number of amides is 3. The summed E-state index contributed by atoms with van der Waals surface area (Å²) >= 11 is 0. The van der Waals surface area contributed by atoms with Crippen LogP contribution >= 0.6 is 0 Å². The molecule has 1 unspecified atom stereocenters. The molecular formula is C16H23N3O4. The zero-order valence-corrected chi connectivity index (χ0v) is 13.6. The molecule has 0 aliphatic carbocycles. The number of carboxylic acids is 1. The number of hydrogen-bond donors (Lipinski definition) is 4. The van der Waals surface area contributed by atoms with Crippen LogP contribution in [-0.2, 0) is 9.59 Å². The first-order valence-electron chi connectivity index (χ1n) is 7.48. The smallest absolute Gasteiger partial charge is 0.325 e. The molecule has 0 saturated heterocycles. The van der Waals surface area contributed by atoms with Gasteiger partial charge in [0.1, 0.15) is 6.04 Å². The van der Waals surface area contributed by atoms with Crippen LogP contribution in [0.3, 0.4) is 0 Å². The molecule has 3 amide bonds. The number of carbonyl (C=O) groups excluding carboxylic acids is 2. The van der Waals surface area contributed by atoms with Crippen LogP contribution in [0, 0.1) is 13.8 Å². The van der Waals surface area contributed by atoms with Crippen LogP contribution in [0.25, 0.3) is 0 Å². The monoisotopic (exact) mass is 321 g/mol. The Hall–Kier alpha value is -2.41. The van der Waals surface area contributed by atoms with Crippen LogP contribution in [0.1, 0.15) is 30.9 Å². The van der Waals surface area contributed by atoms with E-state index in [1.165, 1.54) is 0 Å². The Labute approximate surface area is 135 Å². The van der Waals surface area contributed by atoms with E-state index in [4.69, 9.17) is 5.11 Å². The van der Waals surface area contributed by atoms with E-state index in [0.29, 0.717) is 18.5 Å². The van der Waals surface area contributed by atoms with E-state index < -0.39 is 23.9 Å². The lowest BCUT2D eigenvalue weighted by Gasteiger charge is -2.14. The molecule has 1 aromatic rings. The molecule has 126 valence electrons. The van der Waals surface area contributed by atoms with Gasteiger partial charge in [-0.25, -0.2) is 4.79 Å². The van der Waals surface area contributed by atoms with Gasteiger partial charge in [0.15, 0.2) is 0 Å². The number of nitrogens with one attached hydrogen (secondary N) is 3. The fourth-order valence-electron chi connectivity index (χ4n) is 2.03. The summed E-state index contributed by atoms with van der Waals surface area (Å²) in [5.41, 5.74) is 2.57. The molecule has 1 atom stereocenters. The lowest BCUT2D eigenvalue weighted by Crippen LogP contribution is -2.45. The van der Waals surface area contributed by atoms with Crippen molar-refractivity contribution in [1.29, 1.82) is 0 Å². The topological polar surface area (TPSA) is 108 Å². The number of imide groups is 1. The van der Waals surface area contributed by atoms with Crippen molar-refractivity contribution in [3.05, 3.63) is 29.3 Å². The number of urea groups is 1. The van der Waals surface area contributed by atoms with E-state index in [1.54, 1.807) is 6.07 Å². The van der Waals surface area contributed by atoms with Crippen molar-refractivity contribution in [3.63, 3.8) is 0 Å². The van der Waals surface area contributed by atoms with Crippen molar-refractivity contribution in [2.75, 3.05) is 11.9 Å². The second kappa shape index (κ2) is 8.89. The fraction of sp³-hybridized carbons (Fsp3) is 0.438. The van der Waals surface area contributed by atoms with E-state index >= 15 is 0 Å². The van der Waals surface area contributed by atoms with Gasteiger partial charge in [-0.05, 0) is 37.5 Å². The molecule has 7 nitrogen and oxygen atoms in total. The zero-order chi connectivity index (χ0) is 17.4. The van der Waals surface area contributed by atoms with Crippen LogP contribution < -0.4 is 16.0 Å². The van der Waals surface area contributed by atoms with Crippen molar-refractivity contribution in [2.45, 2.75) is 39.7 Å². The van der Waals surface area contributed by atoms with E-state index in [2.05, 4.69) is 16.0 Å². The fourth-order valence-corrected chi connectivity index (χ4v) is 2.03.